The zero-order valence-electron chi connectivity index (χ0n) is 11.6. The summed E-state index contributed by atoms with van der Waals surface area (Å²) in [5, 5.41) is 16.0. The minimum atomic E-state index is -3.32. The fourth-order valence-electron chi connectivity index (χ4n) is 1.90. The van der Waals surface area contributed by atoms with Crippen LogP contribution in [0.2, 0.25) is 0 Å². The molecule has 1 unspecified atom stereocenters. The van der Waals surface area contributed by atoms with E-state index in [2.05, 4.69) is 5.32 Å². The van der Waals surface area contributed by atoms with E-state index >= 15 is 0 Å². The molecule has 0 spiro atoms. The van der Waals surface area contributed by atoms with Gasteiger partial charge in [0.1, 0.15) is 0 Å². The van der Waals surface area contributed by atoms with Crippen LogP contribution in [0.4, 0.5) is 0 Å². The molecule has 1 N–H and O–H groups in total. The normalized spacial score (nSPS) is 12.8. The smallest absolute Gasteiger partial charge is 0.179 e. The van der Waals surface area contributed by atoms with E-state index in [9.17, 15) is 8.42 Å². The topological polar surface area (TPSA) is 70.0 Å². The summed E-state index contributed by atoms with van der Waals surface area (Å²) in [6, 6.07) is 10.1. The van der Waals surface area contributed by atoms with Crippen LogP contribution in [0, 0.1) is 11.3 Å². The molecule has 21 heavy (non-hydrogen) atoms. The van der Waals surface area contributed by atoms with Crippen LogP contribution in [-0.4, -0.2) is 20.7 Å². The molecule has 1 atom stereocenters. The van der Waals surface area contributed by atoms with Gasteiger partial charge in [-0.15, -0.1) is 0 Å². The van der Waals surface area contributed by atoms with Crippen molar-refractivity contribution in [2.75, 3.05) is 12.3 Å². The van der Waals surface area contributed by atoms with Gasteiger partial charge in [0.15, 0.2) is 9.84 Å². The zero-order chi connectivity index (χ0) is 15.3. The lowest BCUT2D eigenvalue weighted by Crippen LogP contribution is -2.25. The minimum Gasteiger partial charge on any atom is -0.309 e. The molecule has 0 bridgehead atoms. The van der Waals surface area contributed by atoms with Gasteiger partial charge in [-0.2, -0.15) is 16.6 Å². The van der Waals surface area contributed by atoms with Gasteiger partial charge in [0, 0.05) is 12.6 Å². The SMILES string of the molecule is CC(NCCS(=O)(=O)c1ccc(C#N)cc1)c1ccsc1. The van der Waals surface area contributed by atoms with Crippen LogP contribution in [0.15, 0.2) is 46.0 Å². The highest BCUT2D eigenvalue weighted by Gasteiger charge is 2.15. The number of nitrogens with one attached hydrogen (secondary N) is 1. The van der Waals surface area contributed by atoms with Crippen molar-refractivity contribution in [3.05, 3.63) is 52.2 Å². The summed E-state index contributed by atoms with van der Waals surface area (Å²) in [6.07, 6.45) is 0. The second kappa shape index (κ2) is 6.85. The highest BCUT2D eigenvalue weighted by molar-refractivity contribution is 7.91. The van der Waals surface area contributed by atoms with Crippen molar-refractivity contribution < 1.29 is 8.42 Å². The fraction of sp³-hybridized carbons (Fsp3) is 0.267. The molecule has 0 fully saturated rings. The molecule has 1 aromatic carbocycles. The highest BCUT2D eigenvalue weighted by Crippen LogP contribution is 2.16. The lowest BCUT2D eigenvalue weighted by molar-refractivity contribution is 0.573. The average molecular weight is 320 g/mol. The summed E-state index contributed by atoms with van der Waals surface area (Å²) in [7, 11) is -3.32. The van der Waals surface area contributed by atoms with Crippen LogP contribution in [0.25, 0.3) is 0 Å². The first kappa shape index (κ1) is 15.7. The monoisotopic (exact) mass is 320 g/mol. The van der Waals surface area contributed by atoms with Crippen molar-refractivity contribution in [1.29, 1.82) is 5.26 Å². The summed E-state index contributed by atoms with van der Waals surface area (Å²) in [6.45, 7) is 2.40. The Labute approximate surface area is 129 Å². The van der Waals surface area contributed by atoms with Gasteiger partial charge < -0.3 is 5.32 Å². The molecule has 6 heteroatoms. The lowest BCUT2D eigenvalue weighted by atomic mass is 10.2. The number of thiophene rings is 1. The fourth-order valence-corrected chi connectivity index (χ4v) is 3.83. The summed E-state index contributed by atoms with van der Waals surface area (Å²) < 4.78 is 24.4. The van der Waals surface area contributed by atoms with Gasteiger partial charge in [0.2, 0.25) is 0 Å². The standard InChI is InChI=1S/C15H16N2O2S2/c1-12(14-6-8-20-11-14)17-7-9-21(18,19)15-4-2-13(10-16)3-5-15/h2-6,8,11-12,17H,7,9H2,1H3. The van der Waals surface area contributed by atoms with E-state index in [-0.39, 0.29) is 16.7 Å². The summed E-state index contributed by atoms with van der Waals surface area (Å²) >= 11 is 1.62. The van der Waals surface area contributed by atoms with E-state index in [1.165, 1.54) is 24.3 Å². The average Bonchev–Trinajstić information content (AvgIpc) is 3.01. The van der Waals surface area contributed by atoms with Gasteiger partial charge in [-0.3, -0.25) is 0 Å². The Morgan fingerprint density at radius 2 is 2.00 bits per heavy atom. The molecule has 0 aliphatic rings. The first-order chi connectivity index (χ1) is 10.0. The van der Waals surface area contributed by atoms with Crippen LogP contribution in [0.1, 0.15) is 24.1 Å². The Balaban J connectivity index is 1.93. The predicted octanol–water partition coefficient (Wildman–Crippen LogP) is 2.74. The van der Waals surface area contributed by atoms with Crippen molar-refractivity contribution in [2.45, 2.75) is 17.9 Å². The van der Waals surface area contributed by atoms with Gasteiger partial charge in [0.05, 0.1) is 22.3 Å². The largest absolute Gasteiger partial charge is 0.309 e. The maximum absolute atomic E-state index is 12.2. The molecular formula is C15H16N2O2S2. The Morgan fingerprint density at radius 1 is 1.29 bits per heavy atom. The molecule has 0 radical (unpaired) electrons. The van der Waals surface area contributed by atoms with E-state index in [0.29, 0.717) is 12.1 Å². The molecule has 0 saturated carbocycles. The van der Waals surface area contributed by atoms with Gasteiger partial charge in [-0.05, 0) is 53.6 Å². The van der Waals surface area contributed by atoms with Gasteiger partial charge in [0.25, 0.3) is 0 Å². The second-order valence-electron chi connectivity index (χ2n) is 4.69. The lowest BCUT2D eigenvalue weighted by Gasteiger charge is -2.12. The number of sulfone groups is 1. The second-order valence-corrected chi connectivity index (χ2v) is 7.58. The van der Waals surface area contributed by atoms with Crippen LogP contribution in [-0.2, 0) is 9.84 Å². The molecule has 110 valence electrons. The van der Waals surface area contributed by atoms with Crippen molar-refractivity contribution in [3.8, 4) is 6.07 Å². The molecule has 1 aromatic heterocycles. The Bertz CT molecular complexity index is 714. The van der Waals surface area contributed by atoms with Gasteiger partial charge in [-0.1, -0.05) is 0 Å². The number of nitrogens with zero attached hydrogens (tertiary/aromatic N) is 1. The maximum Gasteiger partial charge on any atom is 0.179 e. The molecule has 4 nitrogen and oxygen atoms in total. The van der Waals surface area contributed by atoms with E-state index < -0.39 is 9.84 Å². The molecule has 0 aliphatic carbocycles. The van der Waals surface area contributed by atoms with Crippen LogP contribution >= 0.6 is 11.3 Å². The molecule has 0 aliphatic heterocycles. The van der Waals surface area contributed by atoms with E-state index in [0.717, 1.165) is 5.56 Å². The molecule has 0 amide bonds. The third-order valence-corrected chi connectivity index (χ3v) is 5.64. The molecule has 2 rings (SSSR count). The van der Waals surface area contributed by atoms with E-state index in [1.54, 1.807) is 11.3 Å². The maximum atomic E-state index is 12.2. The van der Waals surface area contributed by atoms with Crippen molar-refractivity contribution in [1.82, 2.24) is 5.32 Å². The third kappa shape index (κ3) is 4.14. The van der Waals surface area contributed by atoms with Crippen LogP contribution in [0.3, 0.4) is 0 Å². The summed E-state index contributed by atoms with van der Waals surface area (Å²) in [5.41, 5.74) is 1.62. The first-order valence-corrected chi connectivity index (χ1v) is 9.11. The molecular weight excluding hydrogens is 304 g/mol. The number of benzene rings is 1. The van der Waals surface area contributed by atoms with E-state index in [1.807, 2.05) is 29.8 Å². The van der Waals surface area contributed by atoms with Crippen LogP contribution in [0.5, 0.6) is 0 Å². The number of nitriles is 1. The highest BCUT2D eigenvalue weighted by atomic mass is 32.2. The Morgan fingerprint density at radius 3 is 2.57 bits per heavy atom. The third-order valence-electron chi connectivity index (χ3n) is 3.21. The van der Waals surface area contributed by atoms with Gasteiger partial charge in [-0.25, -0.2) is 8.42 Å². The summed E-state index contributed by atoms with van der Waals surface area (Å²) in [4.78, 5) is 0.256. The van der Waals surface area contributed by atoms with Crippen molar-refractivity contribution in [2.24, 2.45) is 0 Å². The van der Waals surface area contributed by atoms with Crippen molar-refractivity contribution >= 4 is 21.2 Å². The van der Waals surface area contributed by atoms with Crippen molar-refractivity contribution in [3.63, 3.8) is 0 Å². The minimum absolute atomic E-state index is 0.0351. The summed E-state index contributed by atoms with van der Waals surface area (Å²) in [5.74, 6) is 0.0351. The number of hydrogen-bond acceptors (Lipinski definition) is 5. The molecule has 0 saturated heterocycles. The Kier molecular flexibility index (Phi) is 5.12. The quantitative estimate of drug-likeness (QED) is 0.888. The predicted molar refractivity (Wildman–Crippen MR) is 83.9 cm³/mol. The number of hydrogen-bond donors (Lipinski definition) is 1. The van der Waals surface area contributed by atoms with E-state index in [4.69, 9.17) is 5.26 Å². The molecule has 1 heterocycles. The first-order valence-electron chi connectivity index (χ1n) is 6.51. The number of rotatable bonds is 6. The Hall–Kier alpha value is -1.68. The molecule has 2 aromatic rings. The zero-order valence-corrected chi connectivity index (χ0v) is 13.2. The van der Waals surface area contributed by atoms with Gasteiger partial charge >= 0.3 is 0 Å². The van der Waals surface area contributed by atoms with Crippen LogP contribution < -0.4 is 5.32 Å².